The number of esters is 1. The van der Waals surface area contributed by atoms with E-state index in [4.69, 9.17) is 15.2 Å². The summed E-state index contributed by atoms with van der Waals surface area (Å²) in [6.07, 6.45) is -7.18. The molecule has 0 aromatic carbocycles. The lowest BCUT2D eigenvalue weighted by Crippen LogP contribution is -2.47. The number of imidazole rings is 1. The van der Waals surface area contributed by atoms with Gasteiger partial charge < -0.3 is 30.7 Å². The predicted octanol–water partition coefficient (Wildman–Crippen LogP) is -0.239. The van der Waals surface area contributed by atoms with Crippen LogP contribution in [0, 0.1) is 0 Å². The maximum absolute atomic E-state index is 12.5. The number of anilines is 1. The second-order valence-corrected chi connectivity index (χ2v) is 8.42. The molecular weight excluding hydrogens is 485 g/mol. The van der Waals surface area contributed by atoms with Gasteiger partial charge in [-0.3, -0.25) is 9.36 Å². The van der Waals surface area contributed by atoms with Gasteiger partial charge in [0.1, 0.15) is 30.1 Å². The van der Waals surface area contributed by atoms with Crippen molar-refractivity contribution in [3.05, 3.63) is 12.7 Å². The van der Waals surface area contributed by atoms with Crippen LogP contribution in [-0.2, 0) is 19.1 Å². The zero-order chi connectivity index (χ0) is 25.0. The Bertz CT molecular complexity index is 1020. The molecule has 1 amide bonds. The van der Waals surface area contributed by atoms with Gasteiger partial charge in [-0.1, -0.05) is 0 Å². The van der Waals surface area contributed by atoms with Crippen LogP contribution in [0.4, 0.5) is 19.0 Å². The Morgan fingerprint density at radius 2 is 2.06 bits per heavy atom. The van der Waals surface area contributed by atoms with Crippen molar-refractivity contribution in [2.45, 2.75) is 50.1 Å². The third-order valence-corrected chi connectivity index (χ3v) is 6.05. The molecule has 1 fully saturated rings. The number of amides is 1. The van der Waals surface area contributed by atoms with Crippen molar-refractivity contribution < 1.29 is 42.4 Å². The highest BCUT2D eigenvalue weighted by Crippen LogP contribution is 2.33. The number of alkyl halides is 3. The zero-order valence-electron chi connectivity index (χ0n) is 17.8. The van der Waals surface area contributed by atoms with E-state index >= 15 is 0 Å². The summed E-state index contributed by atoms with van der Waals surface area (Å²) in [5.41, 5.74) is 6.36. The summed E-state index contributed by atoms with van der Waals surface area (Å²) in [7, 11) is 0. The topological polar surface area (TPSA) is 175 Å². The number of carbonyl (C=O) groups is 2. The van der Waals surface area contributed by atoms with Crippen LogP contribution in [0.3, 0.4) is 0 Å². The van der Waals surface area contributed by atoms with Gasteiger partial charge in [0.15, 0.2) is 17.7 Å². The molecule has 3 rings (SSSR count). The second kappa shape index (κ2) is 10.7. The zero-order valence-corrected chi connectivity index (χ0v) is 18.6. The Morgan fingerprint density at radius 3 is 2.74 bits per heavy atom. The molecule has 0 saturated carbocycles. The van der Waals surface area contributed by atoms with Crippen molar-refractivity contribution in [1.82, 2.24) is 24.8 Å². The monoisotopic (exact) mass is 508 g/mol. The molecule has 0 spiro atoms. The molecule has 16 heteroatoms. The van der Waals surface area contributed by atoms with Crippen molar-refractivity contribution in [3.8, 4) is 0 Å². The summed E-state index contributed by atoms with van der Waals surface area (Å²) < 4.78 is 49.5. The quantitative estimate of drug-likeness (QED) is 0.260. The molecule has 0 bridgehead atoms. The van der Waals surface area contributed by atoms with E-state index in [2.05, 4.69) is 15.0 Å². The van der Waals surface area contributed by atoms with Gasteiger partial charge in [0.25, 0.3) is 0 Å². The lowest BCUT2D eigenvalue weighted by atomic mass is 10.1. The van der Waals surface area contributed by atoms with Crippen molar-refractivity contribution in [3.63, 3.8) is 0 Å². The molecule has 0 radical (unpaired) electrons. The Hall–Kier alpha value is -2.69. The first-order chi connectivity index (χ1) is 16.0. The maximum atomic E-state index is 12.5. The molecule has 2 aromatic rings. The standard InChI is InChI=1S/C18H23F3N6O6S/c1-2-32-16(30)8(26-17(31)18(19,20)21)3-4-34-5-9-11(28)12(29)15(33-9)27-7-25-10-13(22)23-6-24-14(10)27/h6-9,11-12,15,28-29H,2-5H2,1H3,(H,26,31)(H2,22,23,24)/t8-,9+,11+,12+,15+/m0/s1. The first kappa shape index (κ1) is 25.9. The molecule has 5 atom stereocenters. The number of fused-ring (bicyclic) bond motifs is 1. The molecule has 0 aliphatic carbocycles. The van der Waals surface area contributed by atoms with E-state index in [0.717, 1.165) is 11.8 Å². The number of rotatable bonds is 9. The van der Waals surface area contributed by atoms with E-state index in [1.165, 1.54) is 24.1 Å². The molecule has 34 heavy (non-hydrogen) atoms. The second-order valence-electron chi connectivity index (χ2n) is 7.27. The van der Waals surface area contributed by atoms with Gasteiger partial charge in [-0.25, -0.2) is 19.7 Å². The fourth-order valence-electron chi connectivity index (χ4n) is 3.29. The minimum atomic E-state index is -5.14. The lowest BCUT2D eigenvalue weighted by Gasteiger charge is -2.19. The first-order valence-corrected chi connectivity index (χ1v) is 11.3. The number of nitrogens with zero attached hydrogens (tertiary/aromatic N) is 4. The summed E-state index contributed by atoms with van der Waals surface area (Å²) >= 11 is 1.15. The van der Waals surface area contributed by atoms with E-state index < -0.39 is 48.6 Å². The number of thioether (sulfide) groups is 1. The number of nitrogens with two attached hydrogens (primary N) is 1. The van der Waals surface area contributed by atoms with Crippen LogP contribution in [0.5, 0.6) is 0 Å². The third kappa shape index (κ3) is 5.68. The molecule has 2 aromatic heterocycles. The predicted molar refractivity (Wildman–Crippen MR) is 112 cm³/mol. The van der Waals surface area contributed by atoms with Gasteiger partial charge in [-0.15, -0.1) is 0 Å². The largest absolute Gasteiger partial charge is 0.471 e. The van der Waals surface area contributed by atoms with Gasteiger partial charge >= 0.3 is 18.1 Å². The molecule has 1 saturated heterocycles. The van der Waals surface area contributed by atoms with Crippen molar-refractivity contribution >= 4 is 40.6 Å². The third-order valence-electron chi connectivity index (χ3n) is 4.97. The maximum Gasteiger partial charge on any atom is 0.471 e. The fourth-order valence-corrected chi connectivity index (χ4v) is 4.36. The van der Waals surface area contributed by atoms with Crippen LogP contribution >= 0.6 is 11.8 Å². The minimum Gasteiger partial charge on any atom is -0.464 e. The Balaban J connectivity index is 1.57. The van der Waals surface area contributed by atoms with E-state index in [0.29, 0.717) is 11.2 Å². The Kier molecular flexibility index (Phi) is 8.17. The Morgan fingerprint density at radius 1 is 1.32 bits per heavy atom. The number of halogens is 3. The summed E-state index contributed by atoms with van der Waals surface area (Å²) in [6.45, 7) is 1.42. The van der Waals surface area contributed by atoms with Crippen LogP contribution in [0.15, 0.2) is 12.7 Å². The molecular formula is C18H23F3N6O6S. The smallest absolute Gasteiger partial charge is 0.464 e. The van der Waals surface area contributed by atoms with Crippen molar-refractivity contribution in [2.24, 2.45) is 0 Å². The Labute approximate surface area is 195 Å². The van der Waals surface area contributed by atoms with E-state index in [1.54, 1.807) is 5.32 Å². The van der Waals surface area contributed by atoms with E-state index in [-0.39, 0.29) is 30.4 Å². The van der Waals surface area contributed by atoms with Gasteiger partial charge in [-0.2, -0.15) is 24.9 Å². The molecule has 1 aliphatic heterocycles. The summed E-state index contributed by atoms with van der Waals surface area (Å²) in [5.74, 6) is -2.82. The fraction of sp³-hybridized carbons (Fsp3) is 0.611. The SMILES string of the molecule is CCOC(=O)[C@H](CCSC[C@H]1O[C@@H](n2cnc3c(N)ncnc32)[C@H](O)[C@@H]1O)NC(=O)C(F)(F)F. The average Bonchev–Trinajstić information content (AvgIpc) is 3.32. The van der Waals surface area contributed by atoms with Crippen LogP contribution in [0.1, 0.15) is 19.6 Å². The minimum absolute atomic E-state index is 0.0642. The highest BCUT2D eigenvalue weighted by molar-refractivity contribution is 7.99. The number of nitrogens with one attached hydrogen (secondary N) is 1. The number of hydrogen-bond acceptors (Lipinski definition) is 11. The number of aliphatic hydroxyl groups is 2. The summed E-state index contributed by atoms with van der Waals surface area (Å²) in [6, 6.07) is -1.49. The number of ether oxygens (including phenoxy) is 2. The highest BCUT2D eigenvalue weighted by Gasteiger charge is 2.44. The molecule has 12 nitrogen and oxygen atoms in total. The molecule has 1 aliphatic rings. The van der Waals surface area contributed by atoms with Crippen LogP contribution < -0.4 is 11.1 Å². The van der Waals surface area contributed by atoms with Crippen molar-refractivity contribution in [1.29, 1.82) is 0 Å². The summed E-state index contributed by atoms with van der Waals surface area (Å²) in [4.78, 5) is 35.1. The van der Waals surface area contributed by atoms with Crippen LogP contribution in [-0.4, -0.2) is 90.3 Å². The van der Waals surface area contributed by atoms with Gasteiger partial charge in [0, 0.05) is 5.75 Å². The van der Waals surface area contributed by atoms with Gasteiger partial charge in [0.05, 0.1) is 19.0 Å². The number of aliphatic hydroxyl groups excluding tert-OH is 2. The number of hydrogen-bond donors (Lipinski definition) is 4. The number of nitrogen functional groups attached to an aromatic ring is 1. The number of aromatic nitrogens is 4. The molecule has 188 valence electrons. The van der Waals surface area contributed by atoms with Crippen LogP contribution in [0.25, 0.3) is 11.2 Å². The molecule has 3 heterocycles. The first-order valence-electron chi connectivity index (χ1n) is 10.1. The number of carbonyl (C=O) groups excluding carboxylic acids is 2. The summed E-state index contributed by atoms with van der Waals surface area (Å²) in [5, 5.41) is 22.5. The van der Waals surface area contributed by atoms with Crippen molar-refractivity contribution in [2.75, 3.05) is 23.8 Å². The van der Waals surface area contributed by atoms with E-state index in [1.807, 2.05) is 0 Å². The van der Waals surface area contributed by atoms with Gasteiger partial charge in [0.2, 0.25) is 0 Å². The normalized spacial score (nSPS) is 23.7. The average molecular weight is 508 g/mol. The van der Waals surface area contributed by atoms with Crippen LogP contribution in [0.2, 0.25) is 0 Å². The van der Waals surface area contributed by atoms with Gasteiger partial charge in [-0.05, 0) is 19.1 Å². The van der Waals surface area contributed by atoms with E-state index in [9.17, 15) is 33.0 Å². The molecule has 5 N–H and O–H groups in total. The highest BCUT2D eigenvalue weighted by atomic mass is 32.2. The lowest BCUT2D eigenvalue weighted by molar-refractivity contribution is -0.175. The molecule has 0 unspecified atom stereocenters.